The fraction of sp³-hybridized carbons (Fsp3) is 0.235. The van der Waals surface area contributed by atoms with E-state index in [-0.39, 0.29) is 5.56 Å². The third-order valence-electron chi connectivity index (χ3n) is 3.74. The fourth-order valence-corrected chi connectivity index (χ4v) is 2.55. The second-order valence-electron chi connectivity index (χ2n) is 5.33. The van der Waals surface area contributed by atoms with Crippen LogP contribution in [0.2, 0.25) is 5.02 Å². The molecule has 1 aromatic carbocycles. The van der Waals surface area contributed by atoms with Crippen LogP contribution in [0.15, 0.2) is 41.3 Å². The maximum Gasteiger partial charge on any atom is 0.262 e. The Morgan fingerprint density at radius 3 is 2.83 bits per heavy atom. The molecule has 7 heteroatoms. The molecule has 3 aromatic rings. The maximum atomic E-state index is 12.4. The summed E-state index contributed by atoms with van der Waals surface area (Å²) < 4.78 is 6.58. The number of benzene rings is 1. The molecule has 0 fully saturated rings. The Bertz CT molecular complexity index is 922. The lowest BCUT2D eigenvalue weighted by Gasteiger charge is -2.11. The molecule has 0 spiro atoms. The molecule has 3 rings (SSSR count). The van der Waals surface area contributed by atoms with Gasteiger partial charge in [0.2, 0.25) is 5.95 Å². The summed E-state index contributed by atoms with van der Waals surface area (Å²) in [5, 5.41) is 4.28. The summed E-state index contributed by atoms with van der Waals surface area (Å²) in [6, 6.07) is 8.85. The number of pyridine rings is 1. The standard InChI is InChI=1S/C17H17ClN4O2/c1-22-16(23)14-6-3-11(18)9-15(14)21-17(22)19-8-7-12-4-5-13(24-2)10-20-12/h3-6,9-10H,7-8H2,1-2H3,(H,19,21). The van der Waals surface area contributed by atoms with Gasteiger partial charge < -0.3 is 10.1 Å². The number of hydrogen-bond donors (Lipinski definition) is 1. The van der Waals surface area contributed by atoms with Crippen molar-refractivity contribution in [1.82, 2.24) is 14.5 Å². The van der Waals surface area contributed by atoms with Crippen molar-refractivity contribution in [2.75, 3.05) is 19.0 Å². The minimum absolute atomic E-state index is 0.110. The van der Waals surface area contributed by atoms with E-state index in [9.17, 15) is 4.79 Å². The van der Waals surface area contributed by atoms with Crippen LogP contribution in [0.4, 0.5) is 5.95 Å². The first kappa shape index (κ1) is 16.3. The number of hydrogen-bond acceptors (Lipinski definition) is 5. The van der Waals surface area contributed by atoms with Crippen LogP contribution < -0.4 is 15.6 Å². The maximum absolute atomic E-state index is 12.4. The molecule has 0 saturated carbocycles. The highest BCUT2D eigenvalue weighted by atomic mass is 35.5. The predicted octanol–water partition coefficient (Wildman–Crippen LogP) is 2.65. The van der Waals surface area contributed by atoms with Crippen molar-refractivity contribution >= 4 is 28.5 Å². The summed E-state index contributed by atoms with van der Waals surface area (Å²) in [6.45, 7) is 0.603. The largest absolute Gasteiger partial charge is 0.495 e. The highest BCUT2D eigenvalue weighted by Gasteiger charge is 2.08. The van der Waals surface area contributed by atoms with Crippen LogP contribution in [0, 0.1) is 0 Å². The number of nitrogens with one attached hydrogen (secondary N) is 1. The molecular weight excluding hydrogens is 328 g/mol. The van der Waals surface area contributed by atoms with Crippen LogP contribution in [-0.2, 0) is 13.5 Å². The fourth-order valence-electron chi connectivity index (χ4n) is 2.38. The summed E-state index contributed by atoms with van der Waals surface area (Å²) in [4.78, 5) is 21.2. The average molecular weight is 345 g/mol. The van der Waals surface area contributed by atoms with Gasteiger partial charge in [-0.3, -0.25) is 14.3 Å². The number of anilines is 1. The van der Waals surface area contributed by atoms with Gasteiger partial charge in [0, 0.05) is 30.7 Å². The van der Waals surface area contributed by atoms with Crippen LogP contribution in [0.1, 0.15) is 5.69 Å². The Morgan fingerprint density at radius 1 is 1.29 bits per heavy atom. The van der Waals surface area contributed by atoms with E-state index in [0.717, 1.165) is 11.4 Å². The zero-order valence-corrected chi connectivity index (χ0v) is 14.2. The number of methoxy groups -OCH3 is 1. The first-order valence-electron chi connectivity index (χ1n) is 7.47. The van der Waals surface area contributed by atoms with Crippen LogP contribution in [-0.4, -0.2) is 28.2 Å². The molecule has 2 aromatic heterocycles. The van der Waals surface area contributed by atoms with Crippen molar-refractivity contribution in [3.8, 4) is 5.75 Å². The van der Waals surface area contributed by atoms with Crippen LogP contribution in [0.3, 0.4) is 0 Å². The summed E-state index contributed by atoms with van der Waals surface area (Å²) in [7, 11) is 3.30. The van der Waals surface area contributed by atoms with Gasteiger partial charge in [0.05, 0.1) is 24.2 Å². The third-order valence-corrected chi connectivity index (χ3v) is 3.97. The zero-order chi connectivity index (χ0) is 17.1. The lowest BCUT2D eigenvalue weighted by atomic mass is 10.2. The minimum atomic E-state index is -0.110. The molecule has 6 nitrogen and oxygen atoms in total. The van der Waals surface area contributed by atoms with E-state index in [1.54, 1.807) is 38.6 Å². The lowest BCUT2D eigenvalue weighted by Crippen LogP contribution is -2.23. The molecule has 0 amide bonds. The number of aromatic nitrogens is 3. The van der Waals surface area contributed by atoms with Crippen molar-refractivity contribution in [3.63, 3.8) is 0 Å². The van der Waals surface area contributed by atoms with Gasteiger partial charge in [0.15, 0.2) is 0 Å². The molecule has 1 N–H and O–H groups in total. The van der Waals surface area contributed by atoms with Gasteiger partial charge in [-0.05, 0) is 30.3 Å². The molecule has 0 unspecified atom stereocenters. The number of halogens is 1. The van der Waals surface area contributed by atoms with Gasteiger partial charge in [0.25, 0.3) is 5.56 Å². The topological polar surface area (TPSA) is 69.0 Å². The Labute approximate surface area is 144 Å². The molecule has 0 atom stereocenters. The Hall–Kier alpha value is -2.60. The van der Waals surface area contributed by atoms with Gasteiger partial charge >= 0.3 is 0 Å². The second-order valence-corrected chi connectivity index (χ2v) is 5.76. The molecular formula is C17H17ClN4O2. The lowest BCUT2D eigenvalue weighted by molar-refractivity contribution is 0.412. The Balaban J connectivity index is 1.77. The van der Waals surface area contributed by atoms with Gasteiger partial charge in [-0.1, -0.05) is 11.6 Å². The van der Waals surface area contributed by atoms with E-state index < -0.39 is 0 Å². The predicted molar refractivity (Wildman–Crippen MR) is 95.0 cm³/mol. The van der Waals surface area contributed by atoms with Crippen LogP contribution in [0.25, 0.3) is 10.9 Å². The van der Waals surface area contributed by atoms with E-state index in [1.807, 2.05) is 12.1 Å². The molecule has 0 aliphatic rings. The van der Waals surface area contributed by atoms with Crippen molar-refractivity contribution in [2.24, 2.45) is 7.05 Å². The summed E-state index contributed by atoms with van der Waals surface area (Å²) in [5.41, 5.74) is 1.40. The van der Waals surface area contributed by atoms with E-state index in [1.165, 1.54) is 4.57 Å². The first-order valence-corrected chi connectivity index (χ1v) is 7.85. The van der Waals surface area contributed by atoms with Crippen molar-refractivity contribution < 1.29 is 4.74 Å². The van der Waals surface area contributed by atoms with E-state index in [0.29, 0.717) is 34.8 Å². The SMILES string of the molecule is COc1ccc(CCNc2nc3cc(Cl)ccc3c(=O)n2C)nc1. The van der Waals surface area contributed by atoms with Crippen molar-refractivity contribution in [1.29, 1.82) is 0 Å². The minimum Gasteiger partial charge on any atom is -0.495 e. The van der Waals surface area contributed by atoms with Crippen LogP contribution >= 0.6 is 11.6 Å². The molecule has 0 radical (unpaired) electrons. The Kier molecular flexibility index (Phi) is 4.66. The Morgan fingerprint density at radius 2 is 2.12 bits per heavy atom. The third kappa shape index (κ3) is 3.33. The molecule has 0 aliphatic carbocycles. The van der Waals surface area contributed by atoms with Gasteiger partial charge in [-0.25, -0.2) is 4.98 Å². The van der Waals surface area contributed by atoms with E-state index in [2.05, 4.69) is 15.3 Å². The summed E-state index contributed by atoms with van der Waals surface area (Å²) in [5.74, 6) is 1.23. The van der Waals surface area contributed by atoms with Crippen molar-refractivity contribution in [3.05, 3.63) is 57.6 Å². The highest BCUT2D eigenvalue weighted by Crippen LogP contribution is 2.16. The molecule has 0 aliphatic heterocycles. The van der Waals surface area contributed by atoms with Crippen LogP contribution in [0.5, 0.6) is 5.75 Å². The number of nitrogens with zero attached hydrogens (tertiary/aromatic N) is 3. The number of rotatable bonds is 5. The number of ether oxygens (including phenoxy) is 1. The second kappa shape index (κ2) is 6.88. The smallest absolute Gasteiger partial charge is 0.262 e. The molecule has 124 valence electrons. The molecule has 0 bridgehead atoms. The highest BCUT2D eigenvalue weighted by molar-refractivity contribution is 6.31. The molecule has 2 heterocycles. The van der Waals surface area contributed by atoms with E-state index >= 15 is 0 Å². The van der Waals surface area contributed by atoms with Gasteiger partial charge in [-0.15, -0.1) is 0 Å². The molecule has 24 heavy (non-hydrogen) atoms. The average Bonchev–Trinajstić information content (AvgIpc) is 2.59. The zero-order valence-electron chi connectivity index (χ0n) is 13.4. The molecule has 0 saturated heterocycles. The van der Waals surface area contributed by atoms with Gasteiger partial charge in [-0.2, -0.15) is 0 Å². The first-order chi connectivity index (χ1) is 11.6. The normalized spacial score (nSPS) is 10.8. The van der Waals surface area contributed by atoms with Crippen molar-refractivity contribution in [2.45, 2.75) is 6.42 Å². The number of fused-ring (bicyclic) bond motifs is 1. The summed E-state index contributed by atoms with van der Waals surface area (Å²) >= 11 is 5.98. The van der Waals surface area contributed by atoms with E-state index in [4.69, 9.17) is 16.3 Å². The quantitative estimate of drug-likeness (QED) is 0.770. The monoisotopic (exact) mass is 344 g/mol. The van der Waals surface area contributed by atoms with Gasteiger partial charge in [0.1, 0.15) is 5.75 Å². The summed E-state index contributed by atoms with van der Waals surface area (Å²) in [6.07, 6.45) is 2.38.